The molecule has 5 heteroatoms. The van der Waals surface area contributed by atoms with E-state index in [0.717, 1.165) is 31.2 Å². The molecular formula is C32H33F3O2. The van der Waals surface area contributed by atoms with E-state index in [-0.39, 0.29) is 29.3 Å². The number of aliphatic hydroxyl groups excluding tert-OH is 1. The average molecular weight is 507 g/mol. The van der Waals surface area contributed by atoms with E-state index in [1.165, 1.54) is 6.07 Å². The number of benzene rings is 3. The van der Waals surface area contributed by atoms with Crippen molar-refractivity contribution in [1.29, 1.82) is 0 Å². The van der Waals surface area contributed by atoms with Gasteiger partial charge in [-0.2, -0.15) is 0 Å². The Morgan fingerprint density at radius 2 is 1.59 bits per heavy atom. The molecule has 0 spiro atoms. The molecule has 1 unspecified atom stereocenters. The second-order valence-electron chi connectivity index (χ2n) is 9.75. The zero-order valence-corrected chi connectivity index (χ0v) is 21.1. The van der Waals surface area contributed by atoms with Crippen LogP contribution in [0.1, 0.15) is 61.6 Å². The van der Waals surface area contributed by atoms with E-state index in [0.29, 0.717) is 29.7 Å². The first kappa shape index (κ1) is 26.7. The zero-order chi connectivity index (χ0) is 26.4. The minimum Gasteiger partial charge on any atom is -0.490 e. The fourth-order valence-electron chi connectivity index (χ4n) is 4.97. The highest BCUT2D eigenvalue weighted by atomic mass is 19.2. The lowest BCUT2D eigenvalue weighted by Gasteiger charge is -2.30. The predicted octanol–water partition coefficient (Wildman–Crippen LogP) is 8.55. The van der Waals surface area contributed by atoms with Crippen LogP contribution in [0.3, 0.4) is 0 Å². The molecule has 1 N–H and O–H groups in total. The highest BCUT2D eigenvalue weighted by molar-refractivity contribution is 5.72. The quantitative estimate of drug-likeness (QED) is 0.179. The van der Waals surface area contributed by atoms with Crippen LogP contribution >= 0.6 is 0 Å². The van der Waals surface area contributed by atoms with Crippen LogP contribution in [0.5, 0.6) is 5.75 Å². The van der Waals surface area contributed by atoms with E-state index in [9.17, 15) is 9.50 Å². The molecule has 4 rings (SSSR count). The van der Waals surface area contributed by atoms with Gasteiger partial charge in [0.25, 0.3) is 0 Å². The summed E-state index contributed by atoms with van der Waals surface area (Å²) in [6.45, 7) is 5.78. The molecule has 1 aliphatic rings. The van der Waals surface area contributed by atoms with Gasteiger partial charge in [0.05, 0.1) is 12.7 Å². The fourth-order valence-corrected chi connectivity index (χ4v) is 4.97. The number of rotatable bonds is 9. The highest BCUT2D eigenvalue weighted by Gasteiger charge is 2.28. The molecule has 0 radical (unpaired) electrons. The summed E-state index contributed by atoms with van der Waals surface area (Å²) in [7, 11) is 0. The summed E-state index contributed by atoms with van der Waals surface area (Å²) in [4.78, 5) is 0. The zero-order valence-electron chi connectivity index (χ0n) is 21.1. The van der Waals surface area contributed by atoms with E-state index in [1.807, 2.05) is 18.2 Å². The van der Waals surface area contributed by atoms with Crippen LogP contribution in [0, 0.1) is 23.4 Å². The number of halogens is 3. The van der Waals surface area contributed by atoms with Crippen LogP contribution in [-0.2, 0) is 0 Å². The summed E-state index contributed by atoms with van der Waals surface area (Å²) in [5.74, 6) is -1.63. The van der Waals surface area contributed by atoms with Crippen molar-refractivity contribution in [2.45, 2.75) is 51.0 Å². The van der Waals surface area contributed by atoms with Gasteiger partial charge in [-0.1, -0.05) is 60.7 Å². The highest BCUT2D eigenvalue weighted by Crippen LogP contribution is 2.39. The van der Waals surface area contributed by atoms with E-state index in [4.69, 9.17) is 4.74 Å². The number of ether oxygens (including phenoxy) is 1. The molecule has 0 saturated heterocycles. The first-order chi connectivity index (χ1) is 17.9. The molecule has 37 heavy (non-hydrogen) atoms. The number of hydrogen-bond acceptors (Lipinski definition) is 2. The Bertz CT molecular complexity index is 1240. The molecule has 0 heterocycles. The molecule has 194 valence electrons. The molecule has 1 aliphatic carbocycles. The third-order valence-corrected chi connectivity index (χ3v) is 7.23. The standard InChI is InChI=1S/C32H33F3O2/c1-3-4-19-37-30-18-9-23(20-29(30)33)6-5-22-7-10-25(11-8-22)27-16-17-28(32(35)31(27)34)26-14-12-24(13-15-26)21(2)36/h3,5-11,16-18,20-21,24,26,36H,1,4,12-15,19H2,2H3/b6-5+. The molecule has 0 bridgehead atoms. The van der Waals surface area contributed by atoms with E-state index in [1.54, 1.807) is 55.5 Å². The molecule has 1 atom stereocenters. The monoisotopic (exact) mass is 506 g/mol. The van der Waals surface area contributed by atoms with Crippen LogP contribution in [0.2, 0.25) is 0 Å². The summed E-state index contributed by atoms with van der Waals surface area (Å²) in [5.41, 5.74) is 2.77. The second-order valence-corrected chi connectivity index (χ2v) is 9.75. The minimum absolute atomic E-state index is 0.0244. The lowest BCUT2D eigenvalue weighted by molar-refractivity contribution is 0.0964. The summed E-state index contributed by atoms with van der Waals surface area (Å²) < 4.78 is 49.7. The van der Waals surface area contributed by atoms with Gasteiger partial charge in [0.1, 0.15) is 0 Å². The largest absolute Gasteiger partial charge is 0.490 e. The van der Waals surface area contributed by atoms with Gasteiger partial charge in [0.2, 0.25) is 0 Å². The Hall–Kier alpha value is -3.31. The molecule has 1 fully saturated rings. The average Bonchev–Trinajstić information content (AvgIpc) is 2.91. The smallest absolute Gasteiger partial charge is 0.166 e. The van der Waals surface area contributed by atoms with Crippen molar-refractivity contribution in [2.75, 3.05) is 6.61 Å². The van der Waals surface area contributed by atoms with Gasteiger partial charge in [-0.15, -0.1) is 6.58 Å². The summed E-state index contributed by atoms with van der Waals surface area (Å²) >= 11 is 0. The summed E-state index contributed by atoms with van der Waals surface area (Å²) in [6.07, 6.45) is 8.75. The molecule has 1 saturated carbocycles. The summed E-state index contributed by atoms with van der Waals surface area (Å²) in [5, 5.41) is 9.80. The van der Waals surface area contributed by atoms with Gasteiger partial charge < -0.3 is 9.84 Å². The van der Waals surface area contributed by atoms with Crippen molar-refractivity contribution >= 4 is 12.2 Å². The lowest BCUT2D eigenvalue weighted by atomic mass is 9.76. The molecular weight excluding hydrogens is 473 g/mol. The minimum atomic E-state index is -0.829. The van der Waals surface area contributed by atoms with Crippen LogP contribution in [0.25, 0.3) is 23.3 Å². The maximum Gasteiger partial charge on any atom is 0.166 e. The predicted molar refractivity (Wildman–Crippen MR) is 144 cm³/mol. The van der Waals surface area contributed by atoms with Crippen molar-refractivity contribution in [2.24, 2.45) is 5.92 Å². The number of aliphatic hydroxyl groups is 1. The van der Waals surface area contributed by atoms with Crippen LogP contribution < -0.4 is 4.74 Å². The van der Waals surface area contributed by atoms with Gasteiger partial charge in [-0.05, 0) is 85.3 Å². The Morgan fingerprint density at radius 1 is 0.919 bits per heavy atom. The van der Waals surface area contributed by atoms with E-state index in [2.05, 4.69) is 6.58 Å². The second kappa shape index (κ2) is 12.3. The Labute approximate surface area is 217 Å². The van der Waals surface area contributed by atoms with E-state index >= 15 is 8.78 Å². The topological polar surface area (TPSA) is 29.5 Å². The molecule has 0 aromatic heterocycles. The van der Waals surface area contributed by atoms with Gasteiger partial charge >= 0.3 is 0 Å². The van der Waals surface area contributed by atoms with Gasteiger partial charge in [-0.25, -0.2) is 13.2 Å². The SMILES string of the molecule is C=CCCOc1ccc(/C=C/c2ccc(-c3ccc(C4CCC(C(C)O)CC4)c(F)c3F)cc2)cc1F. The van der Waals surface area contributed by atoms with Gasteiger partial charge in [0.15, 0.2) is 23.2 Å². The van der Waals surface area contributed by atoms with E-state index < -0.39 is 17.5 Å². The van der Waals surface area contributed by atoms with Crippen molar-refractivity contribution in [3.8, 4) is 16.9 Å². The maximum atomic E-state index is 15.1. The number of hydrogen-bond donors (Lipinski definition) is 1. The third kappa shape index (κ3) is 6.53. The van der Waals surface area contributed by atoms with Gasteiger partial charge in [0, 0.05) is 5.56 Å². The molecule has 0 aliphatic heterocycles. The Balaban J connectivity index is 1.43. The lowest BCUT2D eigenvalue weighted by Crippen LogP contribution is -2.23. The van der Waals surface area contributed by atoms with Crippen LogP contribution in [0.15, 0.2) is 67.3 Å². The summed E-state index contributed by atoms with van der Waals surface area (Å²) in [6, 6.07) is 15.3. The van der Waals surface area contributed by atoms with Crippen molar-refractivity contribution < 1.29 is 23.0 Å². The van der Waals surface area contributed by atoms with Crippen LogP contribution in [0.4, 0.5) is 13.2 Å². The van der Waals surface area contributed by atoms with Crippen molar-refractivity contribution in [1.82, 2.24) is 0 Å². The fraction of sp³-hybridized carbons (Fsp3) is 0.312. The third-order valence-electron chi connectivity index (χ3n) is 7.23. The molecule has 3 aromatic rings. The van der Waals surface area contributed by atoms with Gasteiger partial charge in [-0.3, -0.25) is 0 Å². The molecule has 3 aromatic carbocycles. The van der Waals surface area contributed by atoms with Crippen molar-refractivity contribution in [3.05, 3.63) is 101 Å². The first-order valence-corrected chi connectivity index (χ1v) is 12.8. The first-order valence-electron chi connectivity index (χ1n) is 12.8. The Kier molecular flexibility index (Phi) is 8.88. The molecule has 2 nitrogen and oxygen atoms in total. The Morgan fingerprint density at radius 3 is 2.24 bits per heavy atom. The maximum absolute atomic E-state index is 15.1. The molecule has 0 amide bonds. The van der Waals surface area contributed by atoms with Crippen molar-refractivity contribution in [3.63, 3.8) is 0 Å². The van der Waals surface area contributed by atoms with Crippen LogP contribution in [-0.4, -0.2) is 17.8 Å². The normalized spacial score (nSPS) is 18.6.